The highest BCUT2D eigenvalue weighted by molar-refractivity contribution is 7.91. The van der Waals surface area contributed by atoms with Gasteiger partial charge in [0.1, 0.15) is 0 Å². The van der Waals surface area contributed by atoms with Gasteiger partial charge < -0.3 is 11.1 Å². The fraction of sp³-hybridized carbons (Fsp3) is 0.0645. The third-order valence-corrected chi connectivity index (χ3v) is 8.80. The van der Waals surface area contributed by atoms with Crippen LogP contribution in [0.4, 0.5) is 0 Å². The zero-order chi connectivity index (χ0) is 30.7. The van der Waals surface area contributed by atoms with Crippen LogP contribution in [-0.2, 0) is 21.2 Å². The molecule has 0 spiro atoms. The zero-order valence-electron chi connectivity index (χ0n) is 23.0. The van der Waals surface area contributed by atoms with Crippen molar-refractivity contribution in [2.75, 3.05) is 0 Å². The van der Waals surface area contributed by atoms with Gasteiger partial charge in [-0.3, -0.25) is 14.7 Å². The van der Waals surface area contributed by atoms with Gasteiger partial charge in [0, 0.05) is 47.3 Å². The lowest BCUT2D eigenvalue weighted by Gasteiger charge is -2.10. The van der Waals surface area contributed by atoms with E-state index < -0.39 is 15.7 Å². The van der Waals surface area contributed by atoms with E-state index in [-0.39, 0.29) is 22.2 Å². The maximum absolute atomic E-state index is 13.2. The molecule has 12 nitrogen and oxygen atoms in total. The fourth-order valence-electron chi connectivity index (χ4n) is 4.64. The molecule has 0 bridgehead atoms. The summed E-state index contributed by atoms with van der Waals surface area (Å²) in [5, 5.41) is 19.2. The summed E-state index contributed by atoms with van der Waals surface area (Å²) in [7, 11) is -3.68. The summed E-state index contributed by atoms with van der Waals surface area (Å²) in [5.41, 5.74) is 8.26. The number of nitrogens with one attached hydrogen (secondary N) is 2. The zero-order valence-corrected chi connectivity index (χ0v) is 23.8. The molecule has 0 aliphatic carbocycles. The van der Waals surface area contributed by atoms with E-state index in [1.807, 2.05) is 30.3 Å². The number of amidine groups is 1. The molecular weight excluding hydrogens is 580 g/mol. The third-order valence-electron chi connectivity index (χ3n) is 6.97. The summed E-state index contributed by atoms with van der Waals surface area (Å²) < 4.78 is 26.4. The Balaban J connectivity index is 0.000000238. The number of carbonyl (C=O) groups excluding carboxylic acids is 2. The summed E-state index contributed by atoms with van der Waals surface area (Å²) in [5.74, 6) is -0.126. The SMILES string of the molecule is NC(=O)C1=CN=C2N=NC=C2C1.O=C(NCc1ccc(S(=O)(=O)c2cccc3ccccc23)cc1)c1cnc2[nH]ncc2c1. The van der Waals surface area contributed by atoms with E-state index in [4.69, 9.17) is 5.73 Å². The molecule has 5 aromatic rings. The first-order valence-electron chi connectivity index (χ1n) is 13.4. The highest BCUT2D eigenvalue weighted by Gasteiger charge is 2.21. The first kappa shape index (κ1) is 28.3. The lowest BCUT2D eigenvalue weighted by Crippen LogP contribution is -2.22. The van der Waals surface area contributed by atoms with Gasteiger partial charge in [0.2, 0.25) is 15.7 Å². The van der Waals surface area contributed by atoms with Gasteiger partial charge in [-0.15, -0.1) is 5.11 Å². The Kier molecular flexibility index (Phi) is 7.60. The van der Waals surface area contributed by atoms with Gasteiger partial charge in [-0.05, 0) is 35.2 Å². The summed E-state index contributed by atoms with van der Waals surface area (Å²) >= 11 is 0. The number of amides is 2. The molecule has 2 amide bonds. The van der Waals surface area contributed by atoms with Crippen molar-refractivity contribution in [2.45, 2.75) is 22.8 Å². The molecule has 0 radical (unpaired) electrons. The molecule has 0 fully saturated rings. The van der Waals surface area contributed by atoms with Gasteiger partial charge in [0.15, 0.2) is 11.5 Å². The van der Waals surface area contributed by atoms with Crippen LogP contribution in [0.1, 0.15) is 22.3 Å². The number of nitrogens with zero attached hydrogens (tertiary/aromatic N) is 5. The molecule has 44 heavy (non-hydrogen) atoms. The fourth-order valence-corrected chi connectivity index (χ4v) is 6.12. The number of aromatic nitrogens is 3. The van der Waals surface area contributed by atoms with Crippen LogP contribution in [0, 0.1) is 0 Å². The maximum atomic E-state index is 13.2. The Morgan fingerprint density at radius 2 is 1.73 bits per heavy atom. The number of carbonyl (C=O) groups is 2. The standard InChI is InChI=1S/C24H18N4O3S.C7H6N4O/c29-24(19-12-18-15-27-28-23(18)25-14-19)26-13-16-8-10-20(11-9-16)32(30,31)22-7-3-5-17-4-1-2-6-21(17)22;8-6(12)4-1-5-3-10-11-7(5)9-2-4/h1-12,14-15H,13H2,(H,26,29)(H,25,27,28);2-3H,1H2,(H2,8,12). The summed E-state index contributed by atoms with van der Waals surface area (Å²) in [6, 6.07) is 20.9. The Bertz CT molecular complexity index is 2160. The van der Waals surface area contributed by atoms with Gasteiger partial charge in [-0.25, -0.2) is 18.4 Å². The molecule has 0 saturated heterocycles. The number of pyridine rings is 1. The van der Waals surface area contributed by atoms with Crippen molar-refractivity contribution in [3.63, 3.8) is 0 Å². The number of hydrogen-bond acceptors (Lipinski definition) is 9. The number of H-pyrrole nitrogens is 1. The number of hydrogen-bond donors (Lipinski definition) is 3. The second-order valence-corrected chi connectivity index (χ2v) is 11.8. The second kappa shape index (κ2) is 11.8. The molecule has 0 atom stereocenters. The number of rotatable bonds is 6. The van der Waals surface area contributed by atoms with Gasteiger partial charge in [0.25, 0.3) is 5.91 Å². The molecule has 0 saturated carbocycles. The molecule has 2 aliphatic rings. The highest BCUT2D eigenvalue weighted by atomic mass is 32.2. The van der Waals surface area contributed by atoms with E-state index in [0.29, 0.717) is 34.4 Å². The molecule has 0 unspecified atom stereocenters. The van der Waals surface area contributed by atoms with Crippen LogP contribution in [0.25, 0.3) is 21.8 Å². The van der Waals surface area contributed by atoms with Gasteiger partial charge in [0.05, 0.1) is 27.8 Å². The molecule has 3 aromatic carbocycles. The molecule has 13 heteroatoms. The number of azo groups is 1. The largest absolute Gasteiger partial charge is 0.366 e. The van der Waals surface area contributed by atoms with E-state index in [1.54, 1.807) is 54.9 Å². The third kappa shape index (κ3) is 5.76. The number of primary amides is 1. The molecule has 218 valence electrons. The number of fused-ring (bicyclic) bond motifs is 3. The molecule has 4 N–H and O–H groups in total. The van der Waals surface area contributed by atoms with Crippen molar-refractivity contribution < 1.29 is 18.0 Å². The minimum atomic E-state index is -3.68. The Hall–Kier alpha value is -5.82. The summed E-state index contributed by atoms with van der Waals surface area (Å²) in [6.45, 7) is 0.261. The van der Waals surface area contributed by atoms with Crippen molar-refractivity contribution in [1.82, 2.24) is 20.5 Å². The van der Waals surface area contributed by atoms with Gasteiger partial charge in [-0.1, -0.05) is 48.5 Å². The minimum absolute atomic E-state index is 0.207. The van der Waals surface area contributed by atoms with Crippen LogP contribution in [0.2, 0.25) is 0 Å². The van der Waals surface area contributed by atoms with E-state index in [2.05, 4.69) is 35.7 Å². The van der Waals surface area contributed by atoms with Crippen LogP contribution in [0.3, 0.4) is 0 Å². The van der Waals surface area contributed by atoms with Crippen molar-refractivity contribution >= 4 is 49.3 Å². The van der Waals surface area contributed by atoms with E-state index in [9.17, 15) is 18.0 Å². The highest BCUT2D eigenvalue weighted by Crippen LogP contribution is 2.28. The minimum Gasteiger partial charge on any atom is -0.366 e. The topological polar surface area (TPSA) is 185 Å². The smallest absolute Gasteiger partial charge is 0.253 e. The van der Waals surface area contributed by atoms with E-state index >= 15 is 0 Å². The first-order valence-corrected chi connectivity index (χ1v) is 14.8. The van der Waals surface area contributed by atoms with E-state index in [1.165, 1.54) is 12.4 Å². The quantitative estimate of drug-likeness (QED) is 0.258. The molecule has 7 rings (SSSR count). The molecule has 4 heterocycles. The summed E-state index contributed by atoms with van der Waals surface area (Å²) in [4.78, 5) is 31.7. The molecule has 2 aliphatic heterocycles. The summed E-state index contributed by atoms with van der Waals surface area (Å²) in [6.07, 6.45) is 6.61. The monoisotopic (exact) mass is 604 g/mol. The van der Waals surface area contributed by atoms with Gasteiger partial charge >= 0.3 is 0 Å². The number of aromatic amines is 1. The Morgan fingerprint density at radius 3 is 2.55 bits per heavy atom. The van der Waals surface area contributed by atoms with Crippen LogP contribution >= 0.6 is 0 Å². The van der Waals surface area contributed by atoms with Gasteiger partial charge in [-0.2, -0.15) is 10.2 Å². The lowest BCUT2D eigenvalue weighted by molar-refractivity contribution is -0.114. The first-order chi connectivity index (χ1) is 21.3. The Labute approximate surface area is 251 Å². The van der Waals surface area contributed by atoms with Crippen LogP contribution in [-0.4, -0.2) is 41.2 Å². The predicted molar refractivity (Wildman–Crippen MR) is 163 cm³/mol. The molecule has 2 aromatic heterocycles. The van der Waals surface area contributed by atoms with Crippen molar-refractivity contribution in [3.05, 3.63) is 120 Å². The maximum Gasteiger partial charge on any atom is 0.253 e. The van der Waals surface area contributed by atoms with Crippen molar-refractivity contribution in [1.29, 1.82) is 0 Å². The number of aliphatic imine (C=N–C) groups is 1. The molecular formula is C31H24N8O4S. The second-order valence-electron chi connectivity index (χ2n) is 9.86. The van der Waals surface area contributed by atoms with Crippen molar-refractivity contribution in [2.24, 2.45) is 21.0 Å². The van der Waals surface area contributed by atoms with Crippen LogP contribution in [0.5, 0.6) is 0 Å². The number of nitrogens with two attached hydrogens (primary N) is 1. The normalized spacial score (nSPS) is 13.8. The average Bonchev–Trinajstić information content (AvgIpc) is 3.73. The Morgan fingerprint density at radius 1 is 0.932 bits per heavy atom. The lowest BCUT2D eigenvalue weighted by atomic mass is 10.0. The van der Waals surface area contributed by atoms with Crippen LogP contribution in [0.15, 0.2) is 134 Å². The predicted octanol–water partition coefficient (Wildman–Crippen LogP) is 4.38. The number of benzene rings is 3. The van der Waals surface area contributed by atoms with Crippen LogP contribution < -0.4 is 11.1 Å². The van der Waals surface area contributed by atoms with E-state index in [0.717, 1.165) is 21.9 Å². The number of sulfone groups is 1. The van der Waals surface area contributed by atoms with Crippen molar-refractivity contribution in [3.8, 4) is 0 Å². The average molecular weight is 605 g/mol.